The lowest BCUT2D eigenvalue weighted by Gasteiger charge is -2.12. The first-order valence-electron chi connectivity index (χ1n) is 7.32. The molecular weight excluding hydrogens is 290 g/mol. The van der Waals surface area contributed by atoms with Gasteiger partial charge in [-0.15, -0.1) is 0 Å². The molecule has 2 N–H and O–H groups in total. The van der Waals surface area contributed by atoms with Gasteiger partial charge in [-0.25, -0.2) is 4.98 Å². The molecule has 5 nitrogen and oxygen atoms in total. The summed E-state index contributed by atoms with van der Waals surface area (Å²) in [5.41, 5.74) is 1.73. The predicted molar refractivity (Wildman–Crippen MR) is 81.5 cm³/mol. The molecular formula is C15H20ClN3O2. The standard InChI is InChI=1S/C15H20ClN3O2/c16-15-13(19-6-2-1-3-14(19)18-15)8-17-7-12(20)10-21-9-11-4-5-11/h1-3,6,11-12,17,20H,4-5,7-10H2. The minimum absolute atomic E-state index is 0.379. The van der Waals surface area contributed by atoms with Crippen molar-refractivity contribution < 1.29 is 9.84 Å². The third-order valence-corrected chi connectivity index (χ3v) is 3.92. The lowest BCUT2D eigenvalue weighted by molar-refractivity contribution is 0.0324. The Morgan fingerprint density at radius 2 is 2.33 bits per heavy atom. The highest BCUT2D eigenvalue weighted by atomic mass is 35.5. The zero-order valence-corrected chi connectivity index (χ0v) is 12.6. The first-order chi connectivity index (χ1) is 10.2. The van der Waals surface area contributed by atoms with Gasteiger partial charge in [-0.05, 0) is 30.9 Å². The van der Waals surface area contributed by atoms with Gasteiger partial charge in [0, 0.05) is 25.9 Å². The van der Waals surface area contributed by atoms with Gasteiger partial charge in [0.05, 0.1) is 18.4 Å². The molecule has 0 radical (unpaired) electrons. The molecule has 3 rings (SSSR count). The Labute approximate surface area is 128 Å². The van der Waals surface area contributed by atoms with E-state index in [1.807, 2.05) is 28.8 Å². The number of hydrogen-bond donors (Lipinski definition) is 2. The Balaban J connectivity index is 1.46. The SMILES string of the molecule is OC(CNCc1c(Cl)nc2ccccn12)COCC1CC1. The van der Waals surface area contributed by atoms with E-state index in [1.54, 1.807) is 0 Å². The highest BCUT2D eigenvalue weighted by Gasteiger charge is 2.21. The summed E-state index contributed by atoms with van der Waals surface area (Å²) in [7, 11) is 0. The number of halogens is 1. The zero-order chi connectivity index (χ0) is 14.7. The maximum Gasteiger partial charge on any atom is 0.152 e. The van der Waals surface area contributed by atoms with Crippen LogP contribution in [0.1, 0.15) is 18.5 Å². The van der Waals surface area contributed by atoms with E-state index < -0.39 is 6.10 Å². The van der Waals surface area contributed by atoms with Gasteiger partial charge >= 0.3 is 0 Å². The van der Waals surface area contributed by atoms with Crippen LogP contribution in [-0.2, 0) is 11.3 Å². The maximum absolute atomic E-state index is 9.85. The molecule has 1 aliphatic carbocycles. The summed E-state index contributed by atoms with van der Waals surface area (Å²) in [6.07, 6.45) is 3.96. The molecule has 0 bridgehead atoms. The predicted octanol–water partition coefficient (Wildman–Crippen LogP) is 1.86. The number of fused-ring (bicyclic) bond motifs is 1. The molecule has 1 fully saturated rings. The van der Waals surface area contributed by atoms with Crippen molar-refractivity contribution in [3.63, 3.8) is 0 Å². The van der Waals surface area contributed by atoms with Crippen molar-refractivity contribution in [2.45, 2.75) is 25.5 Å². The quantitative estimate of drug-likeness (QED) is 0.781. The molecule has 2 heterocycles. The van der Waals surface area contributed by atoms with Gasteiger partial charge in [0.15, 0.2) is 5.15 Å². The van der Waals surface area contributed by atoms with Gasteiger partial charge in [-0.2, -0.15) is 0 Å². The van der Waals surface area contributed by atoms with E-state index in [4.69, 9.17) is 16.3 Å². The lowest BCUT2D eigenvalue weighted by Crippen LogP contribution is -2.30. The highest BCUT2D eigenvalue weighted by molar-refractivity contribution is 6.30. The smallest absolute Gasteiger partial charge is 0.152 e. The van der Waals surface area contributed by atoms with E-state index >= 15 is 0 Å². The minimum Gasteiger partial charge on any atom is -0.389 e. The fourth-order valence-corrected chi connectivity index (χ4v) is 2.49. The summed E-state index contributed by atoms with van der Waals surface area (Å²) in [5, 5.41) is 13.5. The average Bonchev–Trinajstić information content (AvgIpc) is 3.23. The molecule has 1 saturated carbocycles. The van der Waals surface area contributed by atoms with Crippen molar-refractivity contribution in [3.8, 4) is 0 Å². The number of aliphatic hydroxyl groups is 1. The van der Waals surface area contributed by atoms with Crippen LogP contribution in [0.2, 0.25) is 5.15 Å². The third kappa shape index (κ3) is 3.95. The van der Waals surface area contributed by atoms with E-state index in [9.17, 15) is 5.11 Å². The number of nitrogens with zero attached hydrogens (tertiary/aromatic N) is 2. The van der Waals surface area contributed by atoms with E-state index in [2.05, 4.69) is 10.3 Å². The Morgan fingerprint density at radius 1 is 1.48 bits per heavy atom. The number of aliphatic hydroxyl groups excluding tert-OH is 1. The molecule has 0 aromatic carbocycles. The molecule has 6 heteroatoms. The van der Waals surface area contributed by atoms with Gasteiger partial charge in [0.1, 0.15) is 5.65 Å². The van der Waals surface area contributed by atoms with Crippen LogP contribution in [0.5, 0.6) is 0 Å². The normalized spacial score (nSPS) is 16.5. The van der Waals surface area contributed by atoms with Crippen molar-refractivity contribution >= 4 is 17.2 Å². The van der Waals surface area contributed by atoms with Gasteiger partial charge < -0.3 is 19.6 Å². The van der Waals surface area contributed by atoms with Gasteiger partial charge in [-0.3, -0.25) is 0 Å². The van der Waals surface area contributed by atoms with Crippen molar-refractivity contribution in [3.05, 3.63) is 35.2 Å². The zero-order valence-electron chi connectivity index (χ0n) is 11.8. The molecule has 2 aromatic rings. The summed E-state index contributed by atoms with van der Waals surface area (Å²) >= 11 is 6.15. The minimum atomic E-state index is -0.498. The highest BCUT2D eigenvalue weighted by Crippen LogP contribution is 2.28. The molecule has 2 aromatic heterocycles. The van der Waals surface area contributed by atoms with Crippen molar-refractivity contribution in [2.75, 3.05) is 19.8 Å². The second kappa shape index (κ2) is 6.75. The first kappa shape index (κ1) is 14.8. The number of nitrogens with one attached hydrogen (secondary N) is 1. The van der Waals surface area contributed by atoms with Crippen LogP contribution >= 0.6 is 11.6 Å². The third-order valence-electron chi connectivity index (χ3n) is 3.61. The second-order valence-electron chi connectivity index (χ2n) is 5.54. The summed E-state index contributed by atoms with van der Waals surface area (Å²) in [6.45, 7) is 2.19. The number of pyridine rings is 1. The molecule has 21 heavy (non-hydrogen) atoms. The molecule has 0 amide bonds. The Bertz CT molecular complexity index is 598. The summed E-state index contributed by atoms with van der Waals surface area (Å²) in [5.74, 6) is 0.724. The van der Waals surface area contributed by atoms with Crippen LogP contribution in [0.25, 0.3) is 5.65 Å². The topological polar surface area (TPSA) is 58.8 Å². The van der Waals surface area contributed by atoms with E-state index in [0.717, 1.165) is 23.9 Å². The fourth-order valence-electron chi connectivity index (χ4n) is 2.25. The molecule has 1 aliphatic rings. The number of rotatable bonds is 8. The molecule has 1 unspecified atom stereocenters. The molecule has 114 valence electrons. The molecule has 0 saturated heterocycles. The van der Waals surface area contributed by atoms with E-state index in [1.165, 1.54) is 12.8 Å². The Kier molecular flexibility index (Phi) is 4.75. The van der Waals surface area contributed by atoms with Crippen LogP contribution in [0.3, 0.4) is 0 Å². The second-order valence-corrected chi connectivity index (χ2v) is 5.90. The monoisotopic (exact) mass is 309 g/mol. The maximum atomic E-state index is 9.85. The van der Waals surface area contributed by atoms with Crippen LogP contribution in [0.4, 0.5) is 0 Å². The van der Waals surface area contributed by atoms with Gasteiger partial charge in [-0.1, -0.05) is 17.7 Å². The Morgan fingerprint density at radius 3 is 3.14 bits per heavy atom. The summed E-state index contributed by atoms with van der Waals surface area (Å²) in [4.78, 5) is 4.29. The number of imidazole rings is 1. The van der Waals surface area contributed by atoms with Gasteiger partial charge in [0.25, 0.3) is 0 Å². The molecule has 0 aliphatic heterocycles. The van der Waals surface area contributed by atoms with Crippen molar-refractivity contribution in [2.24, 2.45) is 5.92 Å². The van der Waals surface area contributed by atoms with Crippen LogP contribution in [-0.4, -0.2) is 40.4 Å². The van der Waals surface area contributed by atoms with Gasteiger partial charge in [0.2, 0.25) is 0 Å². The summed E-state index contributed by atoms with van der Waals surface area (Å²) < 4.78 is 7.42. The van der Waals surface area contributed by atoms with Crippen LogP contribution in [0, 0.1) is 5.92 Å². The average molecular weight is 310 g/mol. The van der Waals surface area contributed by atoms with Crippen LogP contribution in [0.15, 0.2) is 24.4 Å². The lowest BCUT2D eigenvalue weighted by atomic mass is 10.3. The van der Waals surface area contributed by atoms with Crippen LogP contribution < -0.4 is 5.32 Å². The number of ether oxygens (including phenoxy) is 1. The largest absolute Gasteiger partial charge is 0.389 e. The Hall–Kier alpha value is -1.14. The fraction of sp³-hybridized carbons (Fsp3) is 0.533. The molecule has 1 atom stereocenters. The summed E-state index contributed by atoms with van der Waals surface area (Å²) in [6, 6.07) is 5.78. The van der Waals surface area contributed by atoms with Crippen molar-refractivity contribution in [1.82, 2.24) is 14.7 Å². The van der Waals surface area contributed by atoms with E-state index in [0.29, 0.717) is 24.8 Å². The first-order valence-corrected chi connectivity index (χ1v) is 7.70. The number of hydrogen-bond acceptors (Lipinski definition) is 4. The van der Waals surface area contributed by atoms with E-state index in [-0.39, 0.29) is 0 Å². The molecule has 0 spiro atoms. The van der Waals surface area contributed by atoms with Crippen molar-refractivity contribution in [1.29, 1.82) is 0 Å². The number of aromatic nitrogens is 2.